The Morgan fingerprint density at radius 1 is 1.14 bits per heavy atom. The molecule has 1 fully saturated rings. The Labute approximate surface area is 130 Å². The van der Waals surface area contributed by atoms with Gasteiger partial charge in [-0.15, -0.1) is 0 Å². The Bertz CT molecular complexity index is 679. The lowest BCUT2D eigenvalue weighted by atomic mass is 10.1. The fourth-order valence-corrected chi connectivity index (χ4v) is 3.67. The van der Waals surface area contributed by atoms with Crippen molar-refractivity contribution in [2.24, 2.45) is 7.05 Å². The summed E-state index contributed by atoms with van der Waals surface area (Å²) in [6, 6.07) is 0. The molecule has 2 aliphatic heterocycles. The van der Waals surface area contributed by atoms with Gasteiger partial charge in [-0.1, -0.05) is 0 Å². The van der Waals surface area contributed by atoms with Gasteiger partial charge in [0.15, 0.2) is 0 Å². The normalized spacial score (nSPS) is 22.1. The molecule has 2 aromatic heterocycles. The van der Waals surface area contributed by atoms with E-state index in [0.29, 0.717) is 5.92 Å². The summed E-state index contributed by atoms with van der Waals surface area (Å²) in [4.78, 5) is 18.4. The Morgan fingerprint density at radius 2 is 2.05 bits per heavy atom. The van der Waals surface area contributed by atoms with Crippen LogP contribution in [0.25, 0.3) is 0 Å². The largest absolute Gasteiger partial charge is 0.355 e. The summed E-state index contributed by atoms with van der Waals surface area (Å²) in [6.45, 7) is 4.08. The summed E-state index contributed by atoms with van der Waals surface area (Å²) < 4.78 is 2.14. The molecule has 4 rings (SSSR count). The topological polar surface area (TPSA) is 50.1 Å². The van der Waals surface area contributed by atoms with Crippen molar-refractivity contribution < 1.29 is 0 Å². The number of likely N-dealkylation sites (N-methyl/N-ethyl adjacent to an activating group) is 1. The highest BCUT2D eigenvalue weighted by atomic mass is 15.2. The highest BCUT2D eigenvalue weighted by Crippen LogP contribution is 2.32. The molecule has 0 amide bonds. The molecular weight excluding hydrogens is 276 g/mol. The van der Waals surface area contributed by atoms with Gasteiger partial charge < -0.3 is 14.4 Å². The van der Waals surface area contributed by atoms with Gasteiger partial charge >= 0.3 is 0 Å². The smallest absolute Gasteiger partial charge is 0.136 e. The highest BCUT2D eigenvalue weighted by molar-refractivity contribution is 5.50. The molecule has 0 saturated carbocycles. The highest BCUT2D eigenvalue weighted by Gasteiger charge is 2.30. The van der Waals surface area contributed by atoms with Crippen molar-refractivity contribution in [2.45, 2.75) is 25.3 Å². The zero-order chi connectivity index (χ0) is 15.1. The Balaban J connectivity index is 1.60. The van der Waals surface area contributed by atoms with E-state index in [-0.39, 0.29) is 0 Å². The number of hydrogen-bond acceptors (Lipinski definition) is 5. The van der Waals surface area contributed by atoms with Gasteiger partial charge in [-0.25, -0.2) is 15.0 Å². The number of anilines is 1. The fraction of sp³-hybridized carbons (Fsp3) is 0.562. The maximum atomic E-state index is 4.61. The van der Waals surface area contributed by atoms with Gasteiger partial charge in [-0.2, -0.15) is 0 Å². The molecule has 0 aromatic carbocycles. The second kappa shape index (κ2) is 5.35. The molecule has 116 valence electrons. The van der Waals surface area contributed by atoms with Gasteiger partial charge in [0.2, 0.25) is 0 Å². The van der Waals surface area contributed by atoms with E-state index in [1.54, 1.807) is 6.33 Å². The number of nitrogens with zero attached hydrogens (tertiary/aromatic N) is 6. The first kappa shape index (κ1) is 13.7. The SMILES string of the molecule is CN1CCc2ncnc(N3CCC(c4nccn4C)C3)c2C1. The summed E-state index contributed by atoms with van der Waals surface area (Å²) in [6.07, 6.45) is 7.81. The molecule has 0 radical (unpaired) electrons. The fourth-order valence-electron chi connectivity index (χ4n) is 3.67. The molecule has 0 spiro atoms. The van der Waals surface area contributed by atoms with Crippen molar-refractivity contribution in [3.05, 3.63) is 35.8 Å². The van der Waals surface area contributed by atoms with E-state index in [9.17, 15) is 0 Å². The van der Waals surface area contributed by atoms with Crippen molar-refractivity contribution >= 4 is 5.82 Å². The van der Waals surface area contributed by atoms with Crippen LogP contribution >= 0.6 is 0 Å². The quantitative estimate of drug-likeness (QED) is 0.833. The van der Waals surface area contributed by atoms with Crippen LogP contribution in [-0.2, 0) is 20.0 Å². The van der Waals surface area contributed by atoms with Crippen LogP contribution in [0.1, 0.15) is 29.4 Å². The Hall–Kier alpha value is -1.95. The number of hydrogen-bond donors (Lipinski definition) is 0. The van der Waals surface area contributed by atoms with Crippen molar-refractivity contribution in [2.75, 3.05) is 31.6 Å². The molecule has 1 saturated heterocycles. The number of rotatable bonds is 2. The van der Waals surface area contributed by atoms with Gasteiger partial charge in [0.25, 0.3) is 0 Å². The predicted molar refractivity (Wildman–Crippen MR) is 84.8 cm³/mol. The maximum Gasteiger partial charge on any atom is 0.136 e. The molecular formula is C16H22N6. The van der Waals surface area contributed by atoms with E-state index in [1.165, 1.54) is 17.1 Å². The molecule has 1 unspecified atom stereocenters. The van der Waals surface area contributed by atoms with Crippen LogP contribution in [0.5, 0.6) is 0 Å². The van der Waals surface area contributed by atoms with Crippen molar-refractivity contribution in [3.8, 4) is 0 Å². The summed E-state index contributed by atoms with van der Waals surface area (Å²) in [5.74, 6) is 2.81. The molecule has 6 heteroatoms. The molecule has 0 bridgehead atoms. The number of aromatic nitrogens is 4. The van der Waals surface area contributed by atoms with Crippen LogP contribution in [0.3, 0.4) is 0 Å². The minimum absolute atomic E-state index is 0.493. The van der Waals surface area contributed by atoms with E-state index < -0.39 is 0 Å². The lowest BCUT2D eigenvalue weighted by Crippen LogP contribution is -2.31. The zero-order valence-corrected chi connectivity index (χ0v) is 13.2. The molecule has 2 aliphatic rings. The second-order valence-electron chi connectivity index (χ2n) is 6.44. The van der Waals surface area contributed by atoms with Crippen LogP contribution in [0, 0.1) is 0 Å². The van der Waals surface area contributed by atoms with Crippen LogP contribution in [-0.4, -0.2) is 51.1 Å². The molecule has 2 aromatic rings. The Kier molecular flexibility index (Phi) is 3.33. The number of fused-ring (bicyclic) bond motifs is 1. The molecule has 0 N–H and O–H groups in total. The van der Waals surface area contributed by atoms with Gasteiger partial charge in [0, 0.05) is 63.5 Å². The average molecular weight is 298 g/mol. The van der Waals surface area contributed by atoms with Crippen molar-refractivity contribution in [3.63, 3.8) is 0 Å². The lowest BCUT2D eigenvalue weighted by Gasteiger charge is -2.28. The Morgan fingerprint density at radius 3 is 2.86 bits per heavy atom. The van der Waals surface area contributed by atoms with E-state index in [1.807, 2.05) is 12.4 Å². The molecule has 0 aliphatic carbocycles. The third kappa shape index (κ3) is 2.27. The second-order valence-corrected chi connectivity index (χ2v) is 6.44. The summed E-state index contributed by atoms with van der Waals surface area (Å²) >= 11 is 0. The monoisotopic (exact) mass is 298 g/mol. The summed E-state index contributed by atoms with van der Waals surface area (Å²) in [5.41, 5.74) is 2.54. The van der Waals surface area contributed by atoms with Crippen LogP contribution in [0.4, 0.5) is 5.82 Å². The van der Waals surface area contributed by atoms with E-state index >= 15 is 0 Å². The van der Waals surface area contributed by atoms with Crippen LogP contribution < -0.4 is 4.90 Å². The minimum Gasteiger partial charge on any atom is -0.355 e. The van der Waals surface area contributed by atoms with E-state index in [4.69, 9.17) is 0 Å². The molecule has 1 atom stereocenters. The zero-order valence-electron chi connectivity index (χ0n) is 13.2. The van der Waals surface area contributed by atoms with E-state index in [2.05, 4.69) is 43.4 Å². The predicted octanol–water partition coefficient (Wildman–Crippen LogP) is 1.19. The first-order valence-corrected chi connectivity index (χ1v) is 7.96. The number of aryl methyl sites for hydroxylation is 1. The first-order valence-electron chi connectivity index (χ1n) is 7.96. The van der Waals surface area contributed by atoms with Gasteiger partial charge in [-0.05, 0) is 13.5 Å². The lowest BCUT2D eigenvalue weighted by molar-refractivity contribution is 0.309. The van der Waals surface area contributed by atoms with E-state index in [0.717, 1.165) is 44.8 Å². The van der Waals surface area contributed by atoms with Gasteiger partial charge in [0.1, 0.15) is 18.0 Å². The average Bonchev–Trinajstić information content (AvgIpc) is 3.15. The van der Waals surface area contributed by atoms with Crippen molar-refractivity contribution in [1.82, 2.24) is 24.4 Å². The van der Waals surface area contributed by atoms with Crippen molar-refractivity contribution in [1.29, 1.82) is 0 Å². The third-order valence-corrected chi connectivity index (χ3v) is 4.88. The molecule has 4 heterocycles. The van der Waals surface area contributed by atoms with Crippen LogP contribution in [0.15, 0.2) is 18.7 Å². The molecule has 22 heavy (non-hydrogen) atoms. The molecule has 6 nitrogen and oxygen atoms in total. The van der Waals surface area contributed by atoms with Crippen LogP contribution in [0.2, 0.25) is 0 Å². The summed E-state index contributed by atoms with van der Waals surface area (Å²) in [7, 11) is 4.24. The van der Waals surface area contributed by atoms with Gasteiger partial charge in [-0.3, -0.25) is 0 Å². The maximum absolute atomic E-state index is 4.61. The number of imidazole rings is 1. The van der Waals surface area contributed by atoms with Gasteiger partial charge in [0.05, 0.1) is 5.69 Å². The third-order valence-electron chi connectivity index (χ3n) is 4.88. The summed E-state index contributed by atoms with van der Waals surface area (Å²) in [5, 5.41) is 0. The first-order chi connectivity index (χ1) is 10.7. The minimum atomic E-state index is 0.493. The standard InChI is InChI=1S/C16H22N6/c1-20-6-4-14-13(10-20)16(19-11-18-14)22-7-3-12(9-22)15-17-5-8-21(15)2/h5,8,11-12H,3-4,6-7,9-10H2,1-2H3.